The molecule has 1 aliphatic carbocycles. The zero-order valence-electron chi connectivity index (χ0n) is 18.1. The maximum absolute atomic E-state index is 12.7. The number of hydrogen-bond acceptors (Lipinski definition) is 5. The fourth-order valence-electron chi connectivity index (χ4n) is 3.86. The summed E-state index contributed by atoms with van der Waals surface area (Å²) in [4.78, 5) is 25.6. The number of rotatable bonds is 5. The number of carbonyl (C=O) groups is 2. The van der Waals surface area contributed by atoms with Gasteiger partial charge in [0.15, 0.2) is 5.11 Å². The van der Waals surface area contributed by atoms with Gasteiger partial charge in [-0.2, -0.15) is 0 Å². The third kappa shape index (κ3) is 5.63. The highest BCUT2D eigenvalue weighted by Gasteiger charge is 2.19. The van der Waals surface area contributed by atoms with Gasteiger partial charge in [0, 0.05) is 27.4 Å². The number of nitrogens with one attached hydrogen (secondary N) is 3. The minimum Gasteiger partial charge on any atom is -0.497 e. The normalized spacial score (nSPS) is 14.0. The lowest BCUT2D eigenvalue weighted by Gasteiger charge is -2.22. The van der Waals surface area contributed by atoms with E-state index in [-0.39, 0.29) is 23.0 Å². The van der Waals surface area contributed by atoms with Gasteiger partial charge in [0.25, 0.3) is 11.8 Å². The highest BCUT2D eigenvalue weighted by Crippen LogP contribution is 2.37. The second-order valence-electron chi connectivity index (χ2n) is 7.90. The van der Waals surface area contributed by atoms with Gasteiger partial charge < -0.3 is 15.4 Å². The number of benzene rings is 2. The zero-order chi connectivity index (χ0) is 23.4. The standard InChI is InChI=1S/C24H24ClN3O3S2/c1-31-17-11-12-18-19(13-17)33-21(20(18)25)23(30)28-24(32)27-16-9-7-14(8-10-16)22(29)26-15-5-3-2-4-6-15/h7-13,15H,2-6H2,1H3,(H,26,29)(H2,27,28,30,32). The van der Waals surface area contributed by atoms with Crippen LogP contribution in [0.2, 0.25) is 5.02 Å². The van der Waals surface area contributed by atoms with Crippen molar-refractivity contribution in [2.45, 2.75) is 38.1 Å². The predicted octanol–water partition coefficient (Wildman–Crippen LogP) is 5.75. The predicted molar refractivity (Wildman–Crippen MR) is 138 cm³/mol. The molecule has 1 saturated carbocycles. The van der Waals surface area contributed by atoms with Crippen LogP contribution in [0.5, 0.6) is 5.75 Å². The average Bonchev–Trinajstić information content (AvgIpc) is 3.16. The van der Waals surface area contributed by atoms with E-state index in [0.717, 1.165) is 35.8 Å². The van der Waals surface area contributed by atoms with Gasteiger partial charge in [-0.1, -0.05) is 30.9 Å². The summed E-state index contributed by atoms with van der Waals surface area (Å²) in [5.41, 5.74) is 1.26. The van der Waals surface area contributed by atoms with Gasteiger partial charge >= 0.3 is 0 Å². The smallest absolute Gasteiger partial charge is 0.269 e. The molecule has 1 fully saturated rings. The first-order valence-electron chi connectivity index (χ1n) is 10.7. The quantitative estimate of drug-likeness (QED) is 0.388. The molecule has 2 aromatic carbocycles. The third-order valence-electron chi connectivity index (χ3n) is 5.62. The average molecular weight is 502 g/mol. The Hall–Kier alpha value is -2.68. The molecule has 4 rings (SSSR count). The van der Waals surface area contributed by atoms with E-state index in [1.807, 2.05) is 12.1 Å². The largest absolute Gasteiger partial charge is 0.497 e. The lowest BCUT2D eigenvalue weighted by atomic mass is 9.95. The SMILES string of the molecule is COc1ccc2c(Cl)c(C(=O)NC(=S)Nc3ccc(C(=O)NC4CCCCC4)cc3)sc2c1. The molecule has 3 N–H and O–H groups in total. The topological polar surface area (TPSA) is 79.5 Å². The van der Waals surface area contributed by atoms with Crippen molar-refractivity contribution in [3.8, 4) is 5.75 Å². The summed E-state index contributed by atoms with van der Waals surface area (Å²) < 4.78 is 6.08. The number of amides is 2. The van der Waals surface area contributed by atoms with E-state index in [9.17, 15) is 9.59 Å². The Morgan fingerprint density at radius 3 is 2.48 bits per heavy atom. The number of carbonyl (C=O) groups excluding carboxylic acids is 2. The van der Waals surface area contributed by atoms with Crippen LogP contribution >= 0.6 is 35.2 Å². The highest BCUT2D eigenvalue weighted by atomic mass is 35.5. The molecule has 1 heterocycles. The molecule has 3 aromatic rings. The molecule has 1 aromatic heterocycles. The van der Waals surface area contributed by atoms with Gasteiger partial charge in [-0.05, 0) is 67.5 Å². The summed E-state index contributed by atoms with van der Waals surface area (Å²) in [6, 6.07) is 12.7. The second kappa shape index (κ2) is 10.5. The fourth-order valence-corrected chi connectivity index (χ4v) is 5.51. The van der Waals surface area contributed by atoms with Crippen molar-refractivity contribution in [3.05, 3.63) is 57.9 Å². The Kier molecular flexibility index (Phi) is 7.47. The molecule has 0 unspecified atom stereocenters. The van der Waals surface area contributed by atoms with Crippen molar-refractivity contribution in [2.75, 3.05) is 12.4 Å². The van der Waals surface area contributed by atoms with E-state index in [1.54, 1.807) is 37.4 Å². The minimum absolute atomic E-state index is 0.0691. The number of ether oxygens (including phenoxy) is 1. The van der Waals surface area contributed by atoms with Crippen molar-refractivity contribution in [2.24, 2.45) is 0 Å². The number of methoxy groups -OCH3 is 1. The van der Waals surface area contributed by atoms with E-state index >= 15 is 0 Å². The highest BCUT2D eigenvalue weighted by molar-refractivity contribution is 7.80. The van der Waals surface area contributed by atoms with Crippen LogP contribution in [-0.4, -0.2) is 30.1 Å². The van der Waals surface area contributed by atoms with E-state index in [1.165, 1.54) is 17.8 Å². The van der Waals surface area contributed by atoms with Gasteiger partial charge in [0.1, 0.15) is 10.6 Å². The van der Waals surface area contributed by atoms with E-state index < -0.39 is 0 Å². The number of halogens is 1. The second-order valence-corrected chi connectivity index (χ2v) is 9.74. The first-order valence-corrected chi connectivity index (χ1v) is 12.3. The van der Waals surface area contributed by atoms with Crippen LogP contribution in [0.4, 0.5) is 5.69 Å². The van der Waals surface area contributed by atoms with E-state index in [2.05, 4.69) is 16.0 Å². The number of thiophene rings is 1. The van der Waals surface area contributed by atoms with Gasteiger partial charge in [-0.15, -0.1) is 11.3 Å². The van der Waals surface area contributed by atoms with Crippen molar-refractivity contribution in [1.29, 1.82) is 0 Å². The van der Waals surface area contributed by atoms with E-state index in [4.69, 9.17) is 28.6 Å². The molecular weight excluding hydrogens is 478 g/mol. The Morgan fingerprint density at radius 2 is 1.79 bits per heavy atom. The molecule has 0 bridgehead atoms. The zero-order valence-corrected chi connectivity index (χ0v) is 20.5. The van der Waals surface area contributed by atoms with Gasteiger partial charge in [0.2, 0.25) is 0 Å². The molecule has 2 amide bonds. The summed E-state index contributed by atoms with van der Waals surface area (Å²) in [5, 5.41) is 10.0. The van der Waals surface area contributed by atoms with Crippen LogP contribution in [0.25, 0.3) is 10.1 Å². The van der Waals surface area contributed by atoms with Gasteiger partial charge in [0.05, 0.1) is 12.1 Å². The Balaban J connectivity index is 1.35. The Labute approximate surface area is 206 Å². The third-order valence-corrected chi connectivity index (χ3v) is 7.48. The summed E-state index contributed by atoms with van der Waals surface area (Å²) in [7, 11) is 1.59. The molecule has 6 nitrogen and oxygen atoms in total. The van der Waals surface area contributed by atoms with Crippen molar-refractivity contribution in [3.63, 3.8) is 0 Å². The van der Waals surface area contributed by atoms with Crippen molar-refractivity contribution in [1.82, 2.24) is 10.6 Å². The van der Waals surface area contributed by atoms with Crippen LogP contribution < -0.4 is 20.7 Å². The maximum Gasteiger partial charge on any atom is 0.269 e. The number of thiocarbonyl (C=S) groups is 1. The summed E-state index contributed by atoms with van der Waals surface area (Å²) in [6.07, 6.45) is 5.65. The number of hydrogen-bond donors (Lipinski definition) is 3. The number of fused-ring (bicyclic) bond motifs is 1. The Bertz CT molecular complexity index is 1190. The lowest BCUT2D eigenvalue weighted by Crippen LogP contribution is -2.36. The maximum atomic E-state index is 12.7. The van der Waals surface area contributed by atoms with Crippen LogP contribution in [0.15, 0.2) is 42.5 Å². The van der Waals surface area contributed by atoms with Gasteiger partial charge in [-0.3, -0.25) is 14.9 Å². The van der Waals surface area contributed by atoms with Crippen LogP contribution in [0.3, 0.4) is 0 Å². The van der Waals surface area contributed by atoms with Crippen molar-refractivity contribution < 1.29 is 14.3 Å². The molecule has 0 aliphatic heterocycles. The molecule has 1 aliphatic rings. The first-order chi connectivity index (χ1) is 15.9. The summed E-state index contributed by atoms with van der Waals surface area (Å²) in [6.45, 7) is 0. The van der Waals surface area contributed by atoms with Gasteiger partial charge in [-0.25, -0.2) is 0 Å². The molecule has 172 valence electrons. The molecular formula is C24H24ClN3O3S2. The molecule has 0 atom stereocenters. The van der Waals surface area contributed by atoms with E-state index in [0.29, 0.717) is 26.9 Å². The van der Waals surface area contributed by atoms with Crippen LogP contribution in [0, 0.1) is 0 Å². The fraction of sp³-hybridized carbons (Fsp3) is 0.292. The lowest BCUT2D eigenvalue weighted by molar-refractivity contribution is 0.0926. The summed E-state index contributed by atoms with van der Waals surface area (Å²) >= 11 is 13.0. The molecule has 0 saturated heterocycles. The minimum atomic E-state index is -0.388. The van der Waals surface area contributed by atoms with Crippen molar-refractivity contribution >= 4 is 67.9 Å². The Morgan fingerprint density at radius 1 is 1.06 bits per heavy atom. The molecule has 0 radical (unpaired) electrons. The number of anilines is 1. The monoisotopic (exact) mass is 501 g/mol. The molecule has 0 spiro atoms. The van der Waals surface area contributed by atoms with Crippen LogP contribution in [-0.2, 0) is 0 Å². The molecule has 9 heteroatoms. The first kappa shape index (κ1) is 23.5. The summed E-state index contributed by atoms with van der Waals surface area (Å²) in [5.74, 6) is 0.238. The molecule has 33 heavy (non-hydrogen) atoms. The van der Waals surface area contributed by atoms with Crippen LogP contribution in [0.1, 0.15) is 52.1 Å².